The highest BCUT2D eigenvalue weighted by Crippen LogP contribution is 2.33. The molecule has 2 rings (SSSR count). The van der Waals surface area contributed by atoms with E-state index in [-0.39, 0.29) is 11.8 Å². The van der Waals surface area contributed by atoms with Gasteiger partial charge >= 0.3 is 5.97 Å². The van der Waals surface area contributed by atoms with Crippen LogP contribution < -0.4 is 5.32 Å². The third-order valence-electron chi connectivity index (χ3n) is 3.17. The molecule has 2 N–H and O–H groups in total. The molecule has 1 aliphatic rings. The van der Waals surface area contributed by atoms with Gasteiger partial charge in [0.1, 0.15) is 0 Å². The van der Waals surface area contributed by atoms with Gasteiger partial charge in [0.05, 0.1) is 16.0 Å². The van der Waals surface area contributed by atoms with Gasteiger partial charge in [-0.25, -0.2) is 0 Å². The summed E-state index contributed by atoms with van der Waals surface area (Å²) in [4.78, 5) is 11.2. The third kappa shape index (κ3) is 2.73. The molecule has 5 heteroatoms. The molecule has 0 saturated carbocycles. The Hall–Kier alpha value is -0.770. The summed E-state index contributed by atoms with van der Waals surface area (Å²) in [5.41, 5.74) is 0.930. The third-order valence-corrected chi connectivity index (χ3v) is 3.91. The molecule has 0 bridgehead atoms. The summed E-state index contributed by atoms with van der Waals surface area (Å²) in [7, 11) is 0. The first-order chi connectivity index (χ1) is 8.09. The first-order valence-corrected chi connectivity index (χ1v) is 6.23. The van der Waals surface area contributed by atoms with Gasteiger partial charge < -0.3 is 10.4 Å². The zero-order chi connectivity index (χ0) is 12.4. The standard InChI is InChI=1S/C12H13Cl2NO2/c13-10-2-1-7(5-11(10)14)9-6-15-4-3-8(9)12(16)17/h1-2,5,8-9,15H,3-4,6H2,(H,16,17)/t8-,9-/m0/s1. The number of carbonyl (C=O) groups is 1. The molecule has 2 atom stereocenters. The monoisotopic (exact) mass is 273 g/mol. The lowest BCUT2D eigenvalue weighted by atomic mass is 9.81. The Morgan fingerprint density at radius 1 is 1.35 bits per heavy atom. The number of hydrogen-bond donors (Lipinski definition) is 2. The van der Waals surface area contributed by atoms with Crippen LogP contribution in [-0.2, 0) is 4.79 Å². The van der Waals surface area contributed by atoms with Gasteiger partial charge in [-0.05, 0) is 30.7 Å². The predicted octanol–water partition coefficient (Wildman–Crippen LogP) is 2.77. The number of rotatable bonds is 2. The van der Waals surface area contributed by atoms with Gasteiger partial charge in [-0.15, -0.1) is 0 Å². The maximum atomic E-state index is 11.2. The molecule has 0 unspecified atom stereocenters. The molecule has 1 saturated heterocycles. The quantitative estimate of drug-likeness (QED) is 0.871. The minimum absolute atomic E-state index is 0.0454. The molecule has 0 aliphatic carbocycles. The Morgan fingerprint density at radius 2 is 2.12 bits per heavy atom. The number of carboxylic acids is 1. The molecule has 1 aliphatic heterocycles. The number of piperidine rings is 1. The van der Waals surface area contributed by atoms with E-state index in [9.17, 15) is 9.90 Å². The second kappa shape index (κ2) is 5.25. The first kappa shape index (κ1) is 12.7. The van der Waals surface area contributed by atoms with Crippen molar-refractivity contribution in [3.63, 3.8) is 0 Å². The zero-order valence-corrected chi connectivity index (χ0v) is 10.6. The number of aliphatic carboxylic acids is 1. The summed E-state index contributed by atoms with van der Waals surface area (Å²) in [6.07, 6.45) is 0.639. The summed E-state index contributed by atoms with van der Waals surface area (Å²) in [6, 6.07) is 5.33. The van der Waals surface area contributed by atoms with Crippen LogP contribution in [0.4, 0.5) is 0 Å². The first-order valence-electron chi connectivity index (χ1n) is 5.48. The average Bonchev–Trinajstić information content (AvgIpc) is 2.32. The minimum Gasteiger partial charge on any atom is -0.481 e. The van der Waals surface area contributed by atoms with E-state index in [1.54, 1.807) is 12.1 Å². The van der Waals surface area contributed by atoms with Crippen LogP contribution in [0.2, 0.25) is 10.0 Å². The number of benzene rings is 1. The lowest BCUT2D eigenvalue weighted by Crippen LogP contribution is -2.38. The topological polar surface area (TPSA) is 49.3 Å². The van der Waals surface area contributed by atoms with Gasteiger partial charge in [-0.2, -0.15) is 0 Å². The van der Waals surface area contributed by atoms with Crippen LogP contribution in [0.1, 0.15) is 17.9 Å². The Bertz CT molecular complexity index is 437. The summed E-state index contributed by atoms with van der Waals surface area (Å²) in [5.74, 6) is -1.15. The molecule has 0 amide bonds. The fourth-order valence-electron chi connectivity index (χ4n) is 2.25. The maximum Gasteiger partial charge on any atom is 0.307 e. The molecule has 1 heterocycles. The Balaban J connectivity index is 2.29. The van der Waals surface area contributed by atoms with E-state index < -0.39 is 5.97 Å². The van der Waals surface area contributed by atoms with Crippen molar-refractivity contribution in [3.8, 4) is 0 Å². The van der Waals surface area contributed by atoms with Crippen LogP contribution in [0.5, 0.6) is 0 Å². The second-order valence-corrected chi connectivity index (χ2v) is 5.03. The number of halogens is 2. The molecule has 1 aromatic carbocycles. The van der Waals surface area contributed by atoms with E-state index in [0.29, 0.717) is 23.0 Å². The molecular weight excluding hydrogens is 261 g/mol. The van der Waals surface area contributed by atoms with E-state index in [0.717, 1.165) is 12.1 Å². The zero-order valence-electron chi connectivity index (χ0n) is 9.12. The van der Waals surface area contributed by atoms with E-state index >= 15 is 0 Å². The molecule has 3 nitrogen and oxygen atoms in total. The summed E-state index contributed by atoms with van der Waals surface area (Å²) < 4.78 is 0. The Morgan fingerprint density at radius 3 is 2.76 bits per heavy atom. The molecular formula is C12H13Cl2NO2. The number of carboxylic acid groups (broad SMARTS) is 1. The van der Waals surface area contributed by atoms with Crippen LogP contribution in [0.15, 0.2) is 18.2 Å². The number of hydrogen-bond acceptors (Lipinski definition) is 2. The second-order valence-electron chi connectivity index (χ2n) is 4.22. The van der Waals surface area contributed by atoms with E-state index in [2.05, 4.69) is 5.32 Å². The van der Waals surface area contributed by atoms with Gasteiger partial charge in [-0.3, -0.25) is 4.79 Å². The number of nitrogens with one attached hydrogen (secondary N) is 1. The van der Waals surface area contributed by atoms with Gasteiger partial charge in [0.25, 0.3) is 0 Å². The maximum absolute atomic E-state index is 11.2. The minimum atomic E-state index is -0.748. The smallest absolute Gasteiger partial charge is 0.307 e. The van der Waals surface area contributed by atoms with Crippen LogP contribution in [-0.4, -0.2) is 24.2 Å². The fourth-order valence-corrected chi connectivity index (χ4v) is 2.55. The molecule has 0 radical (unpaired) electrons. The van der Waals surface area contributed by atoms with Crippen molar-refractivity contribution in [2.75, 3.05) is 13.1 Å². The highest BCUT2D eigenvalue weighted by Gasteiger charge is 2.31. The van der Waals surface area contributed by atoms with Crippen LogP contribution >= 0.6 is 23.2 Å². The van der Waals surface area contributed by atoms with Crippen molar-refractivity contribution in [1.29, 1.82) is 0 Å². The molecule has 0 spiro atoms. The van der Waals surface area contributed by atoms with E-state index in [1.165, 1.54) is 0 Å². The van der Waals surface area contributed by atoms with Crippen LogP contribution in [0.3, 0.4) is 0 Å². The predicted molar refractivity (Wildman–Crippen MR) is 67.8 cm³/mol. The average molecular weight is 274 g/mol. The summed E-state index contributed by atoms with van der Waals surface area (Å²) >= 11 is 11.8. The Kier molecular flexibility index (Phi) is 3.92. The van der Waals surface area contributed by atoms with Crippen molar-refractivity contribution in [2.45, 2.75) is 12.3 Å². The van der Waals surface area contributed by atoms with Crippen molar-refractivity contribution in [2.24, 2.45) is 5.92 Å². The lowest BCUT2D eigenvalue weighted by Gasteiger charge is -2.29. The van der Waals surface area contributed by atoms with Gasteiger partial charge in [0.2, 0.25) is 0 Å². The largest absolute Gasteiger partial charge is 0.481 e. The van der Waals surface area contributed by atoms with Gasteiger partial charge in [0, 0.05) is 12.5 Å². The Labute approximate surface area is 110 Å². The highest BCUT2D eigenvalue weighted by atomic mass is 35.5. The van der Waals surface area contributed by atoms with Gasteiger partial charge in [0.15, 0.2) is 0 Å². The highest BCUT2D eigenvalue weighted by molar-refractivity contribution is 6.42. The molecule has 1 fully saturated rings. The van der Waals surface area contributed by atoms with Crippen LogP contribution in [0, 0.1) is 5.92 Å². The van der Waals surface area contributed by atoms with E-state index in [4.69, 9.17) is 23.2 Å². The van der Waals surface area contributed by atoms with Gasteiger partial charge in [-0.1, -0.05) is 29.3 Å². The fraction of sp³-hybridized carbons (Fsp3) is 0.417. The molecule has 1 aromatic rings. The van der Waals surface area contributed by atoms with E-state index in [1.807, 2.05) is 6.07 Å². The molecule has 92 valence electrons. The lowest BCUT2D eigenvalue weighted by molar-refractivity contribution is -0.143. The van der Waals surface area contributed by atoms with Crippen molar-refractivity contribution in [1.82, 2.24) is 5.32 Å². The SMILES string of the molecule is O=C(O)[C@H]1CCNC[C@H]1c1ccc(Cl)c(Cl)c1. The summed E-state index contributed by atoms with van der Waals surface area (Å²) in [5, 5.41) is 13.4. The van der Waals surface area contributed by atoms with Crippen molar-refractivity contribution >= 4 is 29.2 Å². The van der Waals surface area contributed by atoms with Crippen molar-refractivity contribution < 1.29 is 9.90 Å². The normalized spacial score (nSPS) is 24.6. The molecule has 17 heavy (non-hydrogen) atoms. The molecule has 0 aromatic heterocycles. The van der Waals surface area contributed by atoms with Crippen LogP contribution in [0.25, 0.3) is 0 Å². The summed E-state index contributed by atoms with van der Waals surface area (Å²) in [6.45, 7) is 1.41. The van der Waals surface area contributed by atoms with Crippen molar-refractivity contribution in [3.05, 3.63) is 33.8 Å².